The van der Waals surface area contributed by atoms with Gasteiger partial charge in [0.25, 0.3) is 0 Å². The van der Waals surface area contributed by atoms with Gasteiger partial charge in [-0.05, 0) is 43.5 Å². The van der Waals surface area contributed by atoms with Crippen molar-refractivity contribution in [2.75, 3.05) is 13.1 Å². The van der Waals surface area contributed by atoms with Crippen LogP contribution in [0.15, 0.2) is 23.1 Å². The Balaban J connectivity index is 2.37. The van der Waals surface area contributed by atoms with Crippen LogP contribution in [0.2, 0.25) is 0 Å². The summed E-state index contributed by atoms with van der Waals surface area (Å²) in [6, 6.07) is 3.81. The quantitative estimate of drug-likeness (QED) is 0.815. The number of benzene rings is 1. The van der Waals surface area contributed by atoms with E-state index in [2.05, 4.69) is 0 Å². The van der Waals surface area contributed by atoms with Gasteiger partial charge in [-0.2, -0.15) is 4.31 Å². The van der Waals surface area contributed by atoms with Crippen LogP contribution < -0.4 is 0 Å². The fourth-order valence-corrected chi connectivity index (χ4v) is 3.87. The summed E-state index contributed by atoms with van der Waals surface area (Å²) in [6.45, 7) is 2.76. The third-order valence-corrected chi connectivity index (χ3v) is 5.13. The number of rotatable bonds is 2. The summed E-state index contributed by atoms with van der Waals surface area (Å²) >= 11 is 0. The maximum Gasteiger partial charge on any atom is 0.243 e. The summed E-state index contributed by atoms with van der Waals surface area (Å²) in [6.07, 6.45) is 2.88. The summed E-state index contributed by atoms with van der Waals surface area (Å²) in [5.41, 5.74) is 0.468. The average Bonchev–Trinajstić information content (AvgIpc) is 2.29. The molecule has 3 nitrogen and oxygen atoms in total. The maximum absolute atomic E-state index is 13.0. The van der Waals surface area contributed by atoms with Crippen LogP contribution in [0.5, 0.6) is 0 Å². The smallest absolute Gasteiger partial charge is 0.207 e. The SMILES string of the molecule is Cc1cc(F)ccc1S(=O)(=O)N1CCCCC1. The first-order chi connectivity index (χ1) is 8.01. The molecule has 17 heavy (non-hydrogen) atoms. The summed E-state index contributed by atoms with van der Waals surface area (Å²) in [5, 5.41) is 0. The fourth-order valence-electron chi connectivity index (χ4n) is 2.15. The number of sulfonamides is 1. The minimum atomic E-state index is -3.44. The molecule has 1 aromatic carbocycles. The molecule has 1 heterocycles. The molecule has 2 rings (SSSR count). The van der Waals surface area contributed by atoms with E-state index in [1.807, 2.05) is 0 Å². The minimum absolute atomic E-state index is 0.223. The summed E-state index contributed by atoms with van der Waals surface area (Å²) in [7, 11) is -3.44. The zero-order valence-corrected chi connectivity index (χ0v) is 10.6. The maximum atomic E-state index is 13.0. The number of halogens is 1. The van der Waals surface area contributed by atoms with E-state index in [-0.39, 0.29) is 4.90 Å². The van der Waals surface area contributed by atoms with Gasteiger partial charge >= 0.3 is 0 Å². The van der Waals surface area contributed by atoms with Gasteiger partial charge in [-0.3, -0.25) is 0 Å². The lowest BCUT2D eigenvalue weighted by molar-refractivity contribution is 0.346. The Hall–Kier alpha value is -0.940. The lowest BCUT2D eigenvalue weighted by Crippen LogP contribution is -2.35. The van der Waals surface area contributed by atoms with Crippen molar-refractivity contribution >= 4 is 10.0 Å². The molecular weight excluding hydrogens is 241 g/mol. The summed E-state index contributed by atoms with van der Waals surface area (Å²) in [5.74, 6) is -0.403. The van der Waals surface area contributed by atoms with Crippen molar-refractivity contribution in [3.63, 3.8) is 0 Å². The van der Waals surface area contributed by atoms with Gasteiger partial charge in [0.1, 0.15) is 5.82 Å². The molecule has 1 saturated heterocycles. The standard InChI is InChI=1S/C12H16FNO2S/c1-10-9-11(13)5-6-12(10)17(15,16)14-7-3-2-4-8-14/h5-6,9H,2-4,7-8H2,1H3. The summed E-state index contributed by atoms with van der Waals surface area (Å²) in [4.78, 5) is 0.223. The zero-order valence-electron chi connectivity index (χ0n) is 9.82. The Morgan fingerprint density at radius 3 is 2.41 bits per heavy atom. The van der Waals surface area contributed by atoms with Crippen LogP contribution in [0.4, 0.5) is 4.39 Å². The number of piperidine rings is 1. The fraction of sp³-hybridized carbons (Fsp3) is 0.500. The van der Waals surface area contributed by atoms with E-state index in [9.17, 15) is 12.8 Å². The van der Waals surface area contributed by atoms with E-state index in [1.165, 1.54) is 22.5 Å². The lowest BCUT2D eigenvalue weighted by Gasteiger charge is -2.26. The second kappa shape index (κ2) is 4.74. The Morgan fingerprint density at radius 2 is 1.82 bits per heavy atom. The van der Waals surface area contributed by atoms with E-state index >= 15 is 0 Å². The second-order valence-electron chi connectivity index (χ2n) is 4.37. The van der Waals surface area contributed by atoms with Gasteiger partial charge in [0.05, 0.1) is 4.90 Å². The van der Waals surface area contributed by atoms with Crippen LogP contribution in [-0.4, -0.2) is 25.8 Å². The normalized spacial score (nSPS) is 18.2. The van der Waals surface area contributed by atoms with Crippen LogP contribution in [-0.2, 0) is 10.0 Å². The first-order valence-electron chi connectivity index (χ1n) is 5.78. The molecule has 0 aromatic heterocycles. The largest absolute Gasteiger partial charge is 0.243 e. The van der Waals surface area contributed by atoms with Crippen molar-refractivity contribution in [2.45, 2.75) is 31.1 Å². The molecule has 0 saturated carbocycles. The van der Waals surface area contributed by atoms with Gasteiger partial charge in [-0.15, -0.1) is 0 Å². The molecule has 5 heteroatoms. The Morgan fingerprint density at radius 1 is 1.18 bits per heavy atom. The van der Waals surface area contributed by atoms with Gasteiger partial charge in [0.15, 0.2) is 0 Å². The Bertz CT molecular complexity index is 507. The van der Waals surface area contributed by atoms with E-state index in [0.29, 0.717) is 18.7 Å². The van der Waals surface area contributed by atoms with Crippen LogP contribution in [0.25, 0.3) is 0 Å². The van der Waals surface area contributed by atoms with Crippen molar-refractivity contribution in [3.05, 3.63) is 29.6 Å². The lowest BCUT2D eigenvalue weighted by atomic mass is 10.2. The molecule has 0 N–H and O–H groups in total. The van der Waals surface area contributed by atoms with Gasteiger partial charge in [0.2, 0.25) is 10.0 Å². The Kier molecular flexibility index (Phi) is 3.49. The van der Waals surface area contributed by atoms with Gasteiger partial charge < -0.3 is 0 Å². The van der Waals surface area contributed by atoms with Crippen molar-refractivity contribution in [1.29, 1.82) is 0 Å². The van der Waals surface area contributed by atoms with Crippen molar-refractivity contribution in [2.24, 2.45) is 0 Å². The second-order valence-corrected chi connectivity index (χ2v) is 6.28. The zero-order chi connectivity index (χ0) is 12.5. The molecule has 0 amide bonds. The predicted molar refractivity (Wildman–Crippen MR) is 63.7 cm³/mol. The highest BCUT2D eigenvalue weighted by molar-refractivity contribution is 7.89. The number of hydrogen-bond acceptors (Lipinski definition) is 2. The highest BCUT2D eigenvalue weighted by Crippen LogP contribution is 2.23. The topological polar surface area (TPSA) is 37.4 Å². The van der Waals surface area contributed by atoms with E-state index in [0.717, 1.165) is 19.3 Å². The molecule has 1 aliphatic heterocycles. The van der Waals surface area contributed by atoms with E-state index in [1.54, 1.807) is 6.92 Å². The number of aryl methyl sites for hydroxylation is 1. The Labute approximate surface area is 101 Å². The predicted octanol–water partition coefficient (Wildman–Crippen LogP) is 2.31. The third-order valence-electron chi connectivity index (χ3n) is 3.07. The molecule has 1 fully saturated rings. The molecular formula is C12H16FNO2S. The molecule has 0 unspecified atom stereocenters. The number of hydrogen-bond donors (Lipinski definition) is 0. The molecule has 0 atom stereocenters. The van der Waals surface area contributed by atoms with Crippen LogP contribution in [0, 0.1) is 12.7 Å². The van der Waals surface area contributed by atoms with E-state index < -0.39 is 15.8 Å². The average molecular weight is 257 g/mol. The van der Waals surface area contributed by atoms with Crippen molar-refractivity contribution in [3.8, 4) is 0 Å². The molecule has 0 radical (unpaired) electrons. The van der Waals surface area contributed by atoms with Crippen LogP contribution in [0.3, 0.4) is 0 Å². The van der Waals surface area contributed by atoms with Crippen LogP contribution >= 0.6 is 0 Å². The first kappa shape index (κ1) is 12.5. The molecule has 94 valence electrons. The molecule has 1 aromatic rings. The minimum Gasteiger partial charge on any atom is -0.207 e. The third kappa shape index (κ3) is 2.50. The van der Waals surface area contributed by atoms with Gasteiger partial charge in [-0.25, -0.2) is 12.8 Å². The van der Waals surface area contributed by atoms with Gasteiger partial charge in [0, 0.05) is 13.1 Å². The number of nitrogens with zero attached hydrogens (tertiary/aromatic N) is 1. The molecule has 1 aliphatic rings. The molecule has 0 aliphatic carbocycles. The highest BCUT2D eigenvalue weighted by Gasteiger charge is 2.27. The van der Waals surface area contributed by atoms with Crippen molar-refractivity contribution in [1.82, 2.24) is 4.31 Å². The van der Waals surface area contributed by atoms with Crippen LogP contribution in [0.1, 0.15) is 24.8 Å². The monoisotopic (exact) mass is 257 g/mol. The van der Waals surface area contributed by atoms with Crippen molar-refractivity contribution < 1.29 is 12.8 Å². The van der Waals surface area contributed by atoms with Gasteiger partial charge in [-0.1, -0.05) is 6.42 Å². The first-order valence-corrected chi connectivity index (χ1v) is 7.22. The molecule has 0 spiro atoms. The highest BCUT2D eigenvalue weighted by atomic mass is 32.2. The van der Waals surface area contributed by atoms with E-state index in [4.69, 9.17) is 0 Å². The molecule has 0 bridgehead atoms. The summed E-state index contributed by atoms with van der Waals surface area (Å²) < 4.78 is 39.1.